The van der Waals surface area contributed by atoms with E-state index >= 15 is 0 Å². The van der Waals surface area contributed by atoms with Gasteiger partial charge >= 0.3 is 0 Å². The first-order chi connectivity index (χ1) is 14.5. The quantitative estimate of drug-likeness (QED) is 0.383. The Bertz CT molecular complexity index is 1180. The Morgan fingerprint density at radius 1 is 1.13 bits per heavy atom. The van der Waals surface area contributed by atoms with Crippen LogP contribution in [-0.4, -0.2) is 20.6 Å². The second-order valence-electron chi connectivity index (χ2n) is 6.39. The first-order valence-electron chi connectivity index (χ1n) is 8.93. The van der Waals surface area contributed by atoms with Crippen LogP contribution in [0.1, 0.15) is 16.1 Å². The normalized spacial score (nSPS) is 10.7. The highest BCUT2D eigenvalue weighted by Gasteiger charge is 2.19. The average Bonchev–Trinajstić information content (AvgIpc) is 3.43. The van der Waals surface area contributed by atoms with Gasteiger partial charge in [0.25, 0.3) is 11.6 Å². The zero-order chi connectivity index (χ0) is 21.1. The summed E-state index contributed by atoms with van der Waals surface area (Å²) in [5.41, 5.74) is 1.80. The predicted molar refractivity (Wildman–Crippen MR) is 105 cm³/mol. The molecule has 1 amide bonds. The number of rotatable bonds is 6. The molecule has 1 N–H and O–H groups in total. The average molecular weight is 406 g/mol. The van der Waals surface area contributed by atoms with Gasteiger partial charge in [0.15, 0.2) is 5.76 Å². The topological polar surface area (TPSA) is 103 Å². The molecule has 0 spiro atoms. The van der Waals surface area contributed by atoms with E-state index < -0.39 is 10.8 Å². The van der Waals surface area contributed by atoms with Crippen LogP contribution < -0.4 is 5.32 Å². The van der Waals surface area contributed by atoms with Crippen molar-refractivity contribution in [3.63, 3.8) is 0 Å². The van der Waals surface area contributed by atoms with Gasteiger partial charge < -0.3 is 9.73 Å². The molecule has 30 heavy (non-hydrogen) atoms. The zero-order valence-electron chi connectivity index (χ0n) is 15.5. The maximum absolute atomic E-state index is 13.1. The number of nitro groups is 1. The van der Waals surface area contributed by atoms with Crippen LogP contribution in [0, 0.1) is 15.9 Å². The van der Waals surface area contributed by atoms with Crippen molar-refractivity contribution in [2.75, 3.05) is 0 Å². The van der Waals surface area contributed by atoms with E-state index in [0.717, 1.165) is 5.56 Å². The number of nitrogens with one attached hydrogen (secondary N) is 1. The van der Waals surface area contributed by atoms with Gasteiger partial charge in [0, 0.05) is 24.7 Å². The molecule has 0 aliphatic rings. The van der Waals surface area contributed by atoms with Crippen LogP contribution in [0.3, 0.4) is 0 Å². The number of carbonyl (C=O) groups is 1. The van der Waals surface area contributed by atoms with E-state index in [0.29, 0.717) is 17.1 Å². The van der Waals surface area contributed by atoms with Crippen molar-refractivity contribution < 1.29 is 18.5 Å². The fraction of sp³-hybridized carbons (Fsp3) is 0.0476. The summed E-state index contributed by atoms with van der Waals surface area (Å²) in [6.07, 6.45) is 1.49. The van der Waals surface area contributed by atoms with Gasteiger partial charge in [0.2, 0.25) is 0 Å². The molecular weight excluding hydrogens is 391 g/mol. The maximum atomic E-state index is 13.1. The maximum Gasteiger partial charge on any atom is 0.270 e. The van der Waals surface area contributed by atoms with Crippen LogP contribution in [0.15, 0.2) is 77.4 Å². The van der Waals surface area contributed by atoms with Crippen LogP contribution in [0.4, 0.5) is 10.1 Å². The second kappa shape index (κ2) is 8.00. The van der Waals surface area contributed by atoms with Crippen molar-refractivity contribution in [2.45, 2.75) is 6.54 Å². The number of non-ortho nitro benzene ring substituents is 1. The largest absolute Gasteiger partial charge is 0.463 e. The fourth-order valence-electron chi connectivity index (χ4n) is 2.88. The van der Waals surface area contributed by atoms with Crippen molar-refractivity contribution in [1.29, 1.82) is 0 Å². The lowest BCUT2D eigenvalue weighted by molar-refractivity contribution is -0.384. The van der Waals surface area contributed by atoms with Gasteiger partial charge in [-0.05, 0) is 42.0 Å². The van der Waals surface area contributed by atoms with Crippen LogP contribution in [0.5, 0.6) is 0 Å². The van der Waals surface area contributed by atoms with E-state index in [9.17, 15) is 19.3 Å². The molecule has 2 aromatic carbocycles. The minimum atomic E-state index is -0.503. The SMILES string of the molecule is O=C(NCc1ccc(F)cc1)c1cc(-c2ccco2)nn1-c1ccc([N+](=O)[O-])cc1. The number of amides is 1. The molecule has 8 nitrogen and oxygen atoms in total. The van der Waals surface area contributed by atoms with Crippen molar-refractivity contribution in [1.82, 2.24) is 15.1 Å². The fourth-order valence-corrected chi connectivity index (χ4v) is 2.88. The Morgan fingerprint density at radius 2 is 1.87 bits per heavy atom. The number of furan rings is 1. The number of carbonyl (C=O) groups excluding carboxylic acids is 1. The van der Waals surface area contributed by atoms with Gasteiger partial charge in [-0.3, -0.25) is 14.9 Å². The molecule has 2 heterocycles. The molecule has 2 aromatic heterocycles. The minimum absolute atomic E-state index is 0.0699. The van der Waals surface area contributed by atoms with Crippen molar-refractivity contribution in [3.05, 3.63) is 100 Å². The van der Waals surface area contributed by atoms with E-state index in [1.165, 1.54) is 47.3 Å². The first-order valence-corrected chi connectivity index (χ1v) is 8.93. The summed E-state index contributed by atoms with van der Waals surface area (Å²) in [4.78, 5) is 23.3. The lowest BCUT2D eigenvalue weighted by Crippen LogP contribution is -2.25. The molecule has 150 valence electrons. The summed E-state index contributed by atoms with van der Waals surface area (Å²) in [6, 6.07) is 16.5. The second-order valence-corrected chi connectivity index (χ2v) is 6.39. The number of benzene rings is 2. The third kappa shape index (κ3) is 3.95. The molecule has 0 aliphatic heterocycles. The minimum Gasteiger partial charge on any atom is -0.463 e. The summed E-state index contributed by atoms with van der Waals surface area (Å²) in [5.74, 6) is -0.296. The smallest absolute Gasteiger partial charge is 0.270 e. The third-order valence-electron chi connectivity index (χ3n) is 4.39. The number of nitrogens with zero attached hydrogens (tertiary/aromatic N) is 3. The summed E-state index contributed by atoms with van der Waals surface area (Å²) in [5, 5.41) is 18.1. The van der Waals surface area contributed by atoms with E-state index in [1.54, 1.807) is 30.3 Å². The highest BCUT2D eigenvalue weighted by molar-refractivity contribution is 5.94. The molecule has 0 saturated carbocycles. The molecule has 0 atom stereocenters. The number of halogens is 1. The Morgan fingerprint density at radius 3 is 2.50 bits per heavy atom. The molecule has 0 saturated heterocycles. The van der Waals surface area contributed by atoms with Gasteiger partial charge in [0.1, 0.15) is 17.2 Å². The molecular formula is C21H15FN4O4. The van der Waals surface area contributed by atoms with Gasteiger partial charge in [0.05, 0.1) is 16.9 Å². The third-order valence-corrected chi connectivity index (χ3v) is 4.39. The monoisotopic (exact) mass is 406 g/mol. The van der Waals surface area contributed by atoms with Crippen LogP contribution in [-0.2, 0) is 6.54 Å². The number of aromatic nitrogens is 2. The Balaban J connectivity index is 1.65. The van der Waals surface area contributed by atoms with Crippen molar-refractivity contribution in [3.8, 4) is 17.1 Å². The van der Waals surface area contributed by atoms with E-state index in [-0.39, 0.29) is 23.7 Å². The molecule has 0 bridgehead atoms. The first kappa shape index (κ1) is 19.1. The Kier molecular flexibility index (Phi) is 5.08. The molecule has 0 fully saturated rings. The number of hydrogen-bond donors (Lipinski definition) is 1. The standard InChI is InChI=1S/C21H15FN4O4/c22-15-5-3-14(4-6-15)13-23-21(27)19-12-18(20-2-1-11-30-20)24-25(19)16-7-9-17(10-8-16)26(28)29/h1-12H,13H2,(H,23,27). The number of nitro benzene ring substituents is 1. The van der Waals surface area contributed by atoms with Gasteiger partial charge in [-0.25, -0.2) is 9.07 Å². The highest BCUT2D eigenvalue weighted by Crippen LogP contribution is 2.23. The van der Waals surface area contributed by atoms with Gasteiger partial charge in [-0.15, -0.1) is 0 Å². The van der Waals surface area contributed by atoms with E-state index in [4.69, 9.17) is 4.42 Å². The van der Waals surface area contributed by atoms with Crippen LogP contribution in [0.25, 0.3) is 17.1 Å². The van der Waals surface area contributed by atoms with E-state index in [2.05, 4.69) is 10.4 Å². The Labute approximate surface area is 169 Å². The predicted octanol–water partition coefficient (Wildman–Crippen LogP) is 4.11. The summed E-state index contributed by atoms with van der Waals surface area (Å²) < 4.78 is 19.8. The van der Waals surface area contributed by atoms with Crippen molar-refractivity contribution >= 4 is 11.6 Å². The van der Waals surface area contributed by atoms with Crippen LogP contribution in [0.2, 0.25) is 0 Å². The lowest BCUT2D eigenvalue weighted by Gasteiger charge is -2.08. The zero-order valence-corrected chi connectivity index (χ0v) is 15.5. The molecule has 0 unspecified atom stereocenters. The number of hydrogen-bond acceptors (Lipinski definition) is 5. The van der Waals surface area contributed by atoms with Gasteiger partial charge in [-0.2, -0.15) is 5.10 Å². The highest BCUT2D eigenvalue weighted by atomic mass is 19.1. The van der Waals surface area contributed by atoms with E-state index in [1.807, 2.05) is 0 Å². The molecule has 4 aromatic rings. The molecule has 0 aliphatic carbocycles. The molecule has 9 heteroatoms. The lowest BCUT2D eigenvalue weighted by atomic mass is 10.2. The molecule has 0 radical (unpaired) electrons. The molecule has 4 rings (SSSR count). The Hall–Kier alpha value is -4.27. The summed E-state index contributed by atoms with van der Waals surface area (Å²) >= 11 is 0. The van der Waals surface area contributed by atoms with Crippen LogP contribution >= 0.6 is 0 Å². The van der Waals surface area contributed by atoms with Gasteiger partial charge in [-0.1, -0.05) is 12.1 Å². The summed E-state index contributed by atoms with van der Waals surface area (Å²) in [7, 11) is 0. The summed E-state index contributed by atoms with van der Waals surface area (Å²) in [6.45, 7) is 0.195. The van der Waals surface area contributed by atoms with Crippen molar-refractivity contribution in [2.24, 2.45) is 0 Å².